The molecule has 8 nitrogen and oxygen atoms in total. The topological polar surface area (TPSA) is 84.6 Å². The molecule has 1 aliphatic heterocycles. The lowest BCUT2D eigenvalue weighted by atomic mass is 10.4. The van der Waals surface area contributed by atoms with E-state index in [1.54, 1.807) is 19.0 Å². The molecule has 2 heterocycles. The van der Waals surface area contributed by atoms with E-state index in [4.69, 9.17) is 4.74 Å². The first kappa shape index (κ1) is 12.5. The van der Waals surface area contributed by atoms with Gasteiger partial charge in [0.15, 0.2) is 0 Å². The lowest BCUT2D eigenvalue weighted by Gasteiger charge is -2.27. The van der Waals surface area contributed by atoms with Gasteiger partial charge in [-0.25, -0.2) is 4.98 Å². The zero-order chi connectivity index (χ0) is 13.1. The van der Waals surface area contributed by atoms with Crippen LogP contribution in [0.1, 0.15) is 0 Å². The predicted molar refractivity (Wildman–Crippen MR) is 66.0 cm³/mol. The van der Waals surface area contributed by atoms with E-state index in [9.17, 15) is 10.1 Å². The largest absolute Gasteiger partial charge is 0.378 e. The van der Waals surface area contributed by atoms with Crippen LogP contribution in [0.15, 0.2) is 6.20 Å². The smallest absolute Gasteiger partial charge is 0.329 e. The molecule has 8 heteroatoms. The summed E-state index contributed by atoms with van der Waals surface area (Å²) < 4.78 is 5.24. The van der Waals surface area contributed by atoms with Crippen molar-refractivity contribution in [3.8, 4) is 0 Å². The van der Waals surface area contributed by atoms with Crippen LogP contribution in [0.4, 0.5) is 17.5 Å². The molecule has 1 saturated heterocycles. The van der Waals surface area contributed by atoms with Crippen LogP contribution in [0.25, 0.3) is 0 Å². The van der Waals surface area contributed by atoms with Gasteiger partial charge in [0, 0.05) is 27.2 Å². The lowest BCUT2D eigenvalue weighted by molar-refractivity contribution is -0.384. The Morgan fingerprint density at radius 3 is 2.67 bits per heavy atom. The van der Waals surface area contributed by atoms with Crippen LogP contribution in [0.2, 0.25) is 0 Å². The number of ether oxygens (including phenoxy) is 1. The van der Waals surface area contributed by atoms with Gasteiger partial charge in [-0.2, -0.15) is 4.98 Å². The third-order valence-corrected chi connectivity index (χ3v) is 2.65. The summed E-state index contributed by atoms with van der Waals surface area (Å²) in [5, 5.41) is 10.9. The van der Waals surface area contributed by atoms with E-state index in [0.29, 0.717) is 38.1 Å². The van der Waals surface area contributed by atoms with Gasteiger partial charge in [0.1, 0.15) is 6.20 Å². The van der Waals surface area contributed by atoms with Crippen LogP contribution >= 0.6 is 0 Å². The fourth-order valence-corrected chi connectivity index (χ4v) is 1.73. The van der Waals surface area contributed by atoms with Gasteiger partial charge >= 0.3 is 5.69 Å². The number of nitrogens with zero attached hydrogens (tertiary/aromatic N) is 5. The summed E-state index contributed by atoms with van der Waals surface area (Å²) in [6.45, 7) is 2.64. The highest BCUT2D eigenvalue weighted by Gasteiger charge is 2.22. The molecule has 2 rings (SSSR count). The number of hydrogen-bond donors (Lipinski definition) is 0. The second-order valence-electron chi connectivity index (χ2n) is 4.13. The van der Waals surface area contributed by atoms with E-state index in [2.05, 4.69) is 9.97 Å². The van der Waals surface area contributed by atoms with Gasteiger partial charge in [-0.1, -0.05) is 0 Å². The van der Waals surface area contributed by atoms with Crippen molar-refractivity contribution in [3.05, 3.63) is 16.3 Å². The molecule has 0 atom stereocenters. The minimum Gasteiger partial charge on any atom is -0.378 e. The quantitative estimate of drug-likeness (QED) is 0.565. The molecule has 98 valence electrons. The molecule has 0 aromatic carbocycles. The Bertz CT molecular complexity index is 445. The molecule has 0 saturated carbocycles. The molecule has 1 aliphatic rings. The van der Waals surface area contributed by atoms with Crippen molar-refractivity contribution >= 4 is 17.5 Å². The predicted octanol–water partition coefficient (Wildman–Crippen LogP) is 0.287. The molecule has 0 aliphatic carbocycles. The van der Waals surface area contributed by atoms with Gasteiger partial charge in [0.2, 0.25) is 11.8 Å². The van der Waals surface area contributed by atoms with E-state index in [1.807, 2.05) is 4.90 Å². The molecule has 1 aromatic rings. The van der Waals surface area contributed by atoms with Crippen LogP contribution < -0.4 is 9.80 Å². The Kier molecular flexibility index (Phi) is 3.56. The van der Waals surface area contributed by atoms with Crippen molar-refractivity contribution in [3.63, 3.8) is 0 Å². The van der Waals surface area contributed by atoms with Gasteiger partial charge in [-0.05, 0) is 0 Å². The minimum absolute atomic E-state index is 0.0861. The average Bonchev–Trinajstić information content (AvgIpc) is 2.39. The first-order chi connectivity index (χ1) is 8.59. The first-order valence-corrected chi connectivity index (χ1v) is 5.61. The molecule has 0 unspecified atom stereocenters. The maximum Gasteiger partial charge on any atom is 0.329 e. The molecular formula is C10H15N5O3. The van der Waals surface area contributed by atoms with Gasteiger partial charge in [-0.15, -0.1) is 0 Å². The van der Waals surface area contributed by atoms with Gasteiger partial charge in [-0.3, -0.25) is 10.1 Å². The highest BCUT2D eigenvalue weighted by atomic mass is 16.6. The van der Waals surface area contributed by atoms with Crippen molar-refractivity contribution in [1.29, 1.82) is 0 Å². The van der Waals surface area contributed by atoms with Crippen LogP contribution in [-0.2, 0) is 4.74 Å². The zero-order valence-corrected chi connectivity index (χ0v) is 10.4. The van der Waals surface area contributed by atoms with Crippen molar-refractivity contribution in [2.75, 3.05) is 50.2 Å². The Labute approximate surface area is 104 Å². The number of morpholine rings is 1. The second kappa shape index (κ2) is 5.13. The Morgan fingerprint density at radius 2 is 2.11 bits per heavy atom. The van der Waals surface area contributed by atoms with Crippen LogP contribution in [-0.4, -0.2) is 55.3 Å². The maximum atomic E-state index is 10.9. The summed E-state index contributed by atoms with van der Waals surface area (Å²) in [5.74, 6) is 0.823. The number of nitro groups is 1. The normalized spacial score (nSPS) is 15.6. The fraction of sp³-hybridized carbons (Fsp3) is 0.600. The zero-order valence-electron chi connectivity index (χ0n) is 10.4. The Morgan fingerprint density at radius 1 is 1.44 bits per heavy atom. The van der Waals surface area contributed by atoms with E-state index < -0.39 is 4.92 Å². The van der Waals surface area contributed by atoms with E-state index >= 15 is 0 Å². The maximum absolute atomic E-state index is 10.9. The standard InChI is InChI=1S/C10H15N5O3/c1-13(2)9-8(15(16)17)7-11-10(12-9)14-3-5-18-6-4-14/h7H,3-6H2,1-2H3. The first-order valence-electron chi connectivity index (χ1n) is 5.61. The second-order valence-corrected chi connectivity index (χ2v) is 4.13. The summed E-state index contributed by atoms with van der Waals surface area (Å²) >= 11 is 0. The minimum atomic E-state index is -0.474. The molecule has 0 N–H and O–H groups in total. The van der Waals surface area contributed by atoms with Gasteiger partial charge < -0.3 is 14.5 Å². The van der Waals surface area contributed by atoms with Crippen molar-refractivity contribution < 1.29 is 9.66 Å². The molecule has 1 fully saturated rings. The molecular weight excluding hydrogens is 238 g/mol. The Balaban J connectivity index is 2.33. The Hall–Kier alpha value is -1.96. The van der Waals surface area contributed by atoms with E-state index in [0.717, 1.165) is 0 Å². The number of hydrogen-bond acceptors (Lipinski definition) is 7. The average molecular weight is 253 g/mol. The highest BCUT2D eigenvalue weighted by molar-refractivity contribution is 5.58. The van der Waals surface area contributed by atoms with Gasteiger partial charge in [0.05, 0.1) is 18.1 Å². The molecule has 0 amide bonds. The highest BCUT2D eigenvalue weighted by Crippen LogP contribution is 2.25. The molecule has 0 bridgehead atoms. The summed E-state index contributed by atoms with van der Waals surface area (Å²) in [6.07, 6.45) is 1.26. The summed E-state index contributed by atoms with van der Waals surface area (Å²) in [7, 11) is 3.44. The summed E-state index contributed by atoms with van der Waals surface area (Å²) in [5.41, 5.74) is -0.0861. The van der Waals surface area contributed by atoms with Gasteiger partial charge in [0.25, 0.3) is 0 Å². The molecule has 0 spiro atoms. The molecule has 18 heavy (non-hydrogen) atoms. The van der Waals surface area contributed by atoms with Crippen LogP contribution in [0.3, 0.4) is 0 Å². The van der Waals surface area contributed by atoms with Crippen molar-refractivity contribution in [2.24, 2.45) is 0 Å². The third-order valence-electron chi connectivity index (χ3n) is 2.65. The summed E-state index contributed by atoms with van der Waals surface area (Å²) in [6, 6.07) is 0. The van der Waals surface area contributed by atoms with Crippen LogP contribution in [0.5, 0.6) is 0 Å². The monoisotopic (exact) mass is 253 g/mol. The third kappa shape index (κ3) is 2.48. The number of aromatic nitrogens is 2. The fourth-order valence-electron chi connectivity index (χ4n) is 1.73. The SMILES string of the molecule is CN(C)c1nc(N2CCOCC2)ncc1[N+](=O)[O-]. The summed E-state index contributed by atoms with van der Waals surface area (Å²) in [4.78, 5) is 22.3. The van der Waals surface area contributed by atoms with E-state index in [-0.39, 0.29) is 5.69 Å². The number of anilines is 2. The van der Waals surface area contributed by atoms with Crippen molar-refractivity contribution in [1.82, 2.24) is 9.97 Å². The molecule has 0 radical (unpaired) electrons. The van der Waals surface area contributed by atoms with Crippen molar-refractivity contribution in [2.45, 2.75) is 0 Å². The van der Waals surface area contributed by atoms with E-state index in [1.165, 1.54) is 6.20 Å². The van der Waals surface area contributed by atoms with Crippen LogP contribution in [0, 0.1) is 10.1 Å². The number of rotatable bonds is 3. The lowest BCUT2D eigenvalue weighted by Crippen LogP contribution is -2.37. The molecule has 1 aromatic heterocycles.